The number of unbranched alkanes of at least 4 members (excludes halogenated alkanes) is 5. The van der Waals surface area contributed by atoms with Crippen molar-refractivity contribution in [3.05, 3.63) is 43.2 Å². The van der Waals surface area contributed by atoms with Crippen LogP contribution >= 0.6 is 0 Å². The number of hydrogen-bond acceptors (Lipinski definition) is 7. The van der Waals surface area contributed by atoms with Crippen molar-refractivity contribution in [2.45, 2.75) is 71.3 Å². The first kappa shape index (κ1) is 29.3. The number of nitrogens with one attached hydrogen (secondary N) is 2. The molecule has 1 saturated heterocycles. The summed E-state index contributed by atoms with van der Waals surface area (Å²) in [5.74, 6) is 2.31. The number of piperidine rings is 1. The second-order valence-corrected chi connectivity index (χ2v) is 11.8. The normalized spacial score (nSPS) is 14.1. The van der Waals surface area contributed by atoms with Gasteiger partial charge in [0.1, 0.15) is 0 Å². The van der Waals surface area contributed by atoms with Crippen molar-refractivity contribution in [2.24, 2.45) is 0 Å². The number of allylic oxidation sites excluding steroid dienone is 1. The number of anilines is 3. The van der Waals surface area contributed by atoms with Crippen LogP contribution in [-0.2, 0) is 0 Å². The number of ether oxygens (including phenoxy) is 1. The molecule has 1 aromatic carbocycles. The number of fused-ring (bicyclic) bond motifs is 1. The molecule has 3 aromatic rings. The van der Waals surface area contributed by atoms with Crippen molar-refractivity contribution in [3.63, 3.8) is 0 Å². The predicted molar refractivity (Wildman–Crippen MR) is 155 cm³/mol. The van der Waals surface area contributed by atoms with Crippen molar-refractivity contribution in [2.75, 3.05) is 37.4 Å². The van der Waals surface area contributed by atoms with Gasteiger partial charge in [0.2, 0.25) is 0 Å². The van der Waals surface area contributed by atoms with E-state index in [9.17, 15) is 0 Å². The fraction of sp³-hybridized carbons (Fsp3) is 0.536. The number of hydrogen-bond donors (Lipinski definition) is 2. The molecule has 2 aromatic heterocycles. The van der Waals surface area contributed by atoms with Crippen LogP contribution in [0.15, 0.2) is 43.2 Å². The van der Waals surface area contributed by atoms with Crippen molar-refractivity contribution in [3.8, 4) is 5.75 Å². The van der Waals surface area contributed by atoms with Crippen LogP contribution in [0.2, 0.25) is 0 Å². The maximum atomic E-state index is 5.91. The van der Waals surface area contributed by atoms with Gasteiger partial charge in [0.15, 0.2) is 0 Å². The summed E-state index contributed by atoms with van der Waals surface area (Å²) in [7, 11) is 2.18. The molecule has 0 amide bonds. The molecule has 198 valence electrons. The van der Waals surface area contributed by atoms with Gasteiger partial charge in [-0.15, -0.1) is 6.58 Å². The molecular weight excluding hydrogens is 655 g/mol. The van der Waals surface area contributed by atoms with Gasteiger partial charge in [-0.1, -0.05) is 45.1 Å². The van der Waals surface area contributed by atoms with E-state index in [1.807, 2.05) is 37.5 Å². The summed E-state index contributed by atoms with van der Waals surface area (Å²) in [5.41, 5.74) is 2.68. The summed E-state index contributed by atoms with van der Waals surface area (Å²) >= 11 is 0.594. The summed E-state index contributed by atoms with van der Waals surface area (Å²) in [6, 6.07) is 8.47. The molecule has 0 aliphatic carbocycles. The van der Waals surface area contributed by atoms with Crippen LogP contribution in [0.3, 0.4) is 0 Å². The molecule has 0 saturated carbocycles. The van der Waals surface area contributed by atoms with E-state index < -0.39 is 0 Å². The van der Waals surface area contributed by atoms with Gasteiger partial charge in [0, 0.05) is 0 Å². The van der Waals surface area contributed by atoms with Crippen LogP contribution in [0.4, 0.5) is 17.5 Å². The van der Waals surface area contributed by atoms with Crippen LogP contribution < -0.4 is 15.4 Å². The fourth-order valence-corrected chi connectivity index (χ4v) is 5.21. The van der Waals surface area contributed by atoms with E-state index >= 15 is 0 Å². The molecule has 1 aliphatic heterocycles. The minimum absolute atomic E-state index is 0.409. The van der Waals surface area contributed by atoms with E-state index in [0.29, 0.717) is 38.1 Å². The first-order valence-electron chi connectivity index (χ1n) is 13.6. The summed E-state index contributed by atoms with van der Waals surface area (Å²) in [6.07, 6.45) is 13.4. The van der Waals surface area contributed by atoms with Gasteiger partial charge in [-0.3, -0.25) is 0 Å². The first-order chi connectivity index (χ1) is 18.0. The Bertz CT molecular complexity index is 1080. The van der Waals surface area contributed by atoms with Crippen LogP contribution in [-0.4, -0.2) is 81.1 Å². The second-order valence-electron chi connectivity index (χ2n) is 9.62. The van der Waals surface area contributed by atoms with E-state index in [2.05, 4.69) is 43.4 Å². The molecular formula is C28H42N7OTl. The summed E-state index contributed by atoms with van der Waals surface area (Å²) in [4.78, 5) is 16.5. The van der Waals surface area contributed by atoms with E-state index in [1.54, 1.807) is 6.08 Å². The second kappa shape index (κ2) is 15.9. The molecule has 0 spiro atoms. The zero-order valence-corrected chi connectivity index (χ0v) is 27.2. The van der Waals surface area contributed by atoms with Gasteiger partial charge in [-0.2, -0.15) is 0 Å². The van der Waals surface area contributed by atoms with Crippen LogP contribution in [0.1, 0.15) is 65.2 Å². The third kappa shape index (κ3) is 9.55. The molecule has 9 heteroatoms. The van der Waals surface area contributed by atoms with Gasteiger partial charge in [-0.25, -0.2) is 0 Å². The van der Waals surface area contributed by atoms with E-state index in [4.69, 9.17) is 14.7 Å². The number of nitrogens with zero attached hydrogens (tertiary/aromatic N) is 5. The van der Waals surface area contributed by atoms with E-state index in [0.717, 1.165) is 67.4 Å². The van der Waals surface area contributed by atoms with Gasteiger partial charge in [0.05, 0.1) is 0 Å². The van der Waals surface area contributed by atoms with Crippen LogP contribution in [0.5, 0.6) is 5.75 Å². The number of aromatic nitrogens is 4. The molecule has 0 bridgehead atoms. The predicted octanol–water partition coefficient (Wildman–Crippen LogP) is 5.94. The molecule has 1 aliphatic rings. The van der Waals surface area contributed by atoms with Crippen molar-refractivity contribution >= 4 is 54.7 Å². The summed E-state index contributed by atoms with van der Waals surface area (Å²) in [5, 5.41) is 7.01. The van der Waals surface area contributed by atoms with Gasteiger partial charge in [0.25, 0.3) is 0 Å². The van der Waals surface area contributed by atoms with Crippen molar-refractivity contribution in [1.82, 2.24) is 22.2 Å². The fourth-order valence-electron chi connectivity index (χ4n) is 4.26. The van der Waals surface area contributed by atoms with Crippen LogP contribution in [0, 0.1) is 0 Å². The Morgan fingerprint density at radius 3 is 2.46 bits per heavy atom. The van der Waals surface area contributed by atoms with Gasteiger partial charge in [-0.05, 0) is 6.92 Å². The molecule has 0 unspecified atom stereocenters. The first-order valence-corrected chi connectivity index (χ1v) is 15.6. The monoisotopic (exact) mass is 697 g/mol. The quantitative estimate of drug-likeness (QED) is 0.138. The third-order valence-corrected chi connectivity index (χ3v) is 7.83. The van der Waals surface area contributed by atoms with Gasteiger partial charge >= 0.3 is 181 Å². The summed E-state index contributed by atoms with van der Waals surface area (Å²) in [6.45, 7) is 10.5. The Hall–Kier alpha value is -2.21. The average molecular weight is 697 g/mol. The molecule has 1 fully saturated rings. The Kier molecular flexibility index (Phi) is 12.6. The number of benzene rings is 1. The van der Waals surface area contributed by atoms with Crippen molar-refractivity contribution < 1.29 is 4.74 Å². The SMILES string of the molecule is C=CC.CCCCCCCCOc1ccc(Nc2nc(NC3CCN(C)CC3)c3nc[n]([Tl])c3n2)cc1. The molecule has 4 rings (SSSR count). The molecule has 0 radical (unpaired) electrons. The van der Waals surface area contributed by atoms with E-state index in [1.165, 1.54) is 32.1 Å². The van der Waals surface area contributed by atoms with Crippen LogP contribution in [0.25, 0.3) is 11.2 Å². The Balaban J connectivity index is 0.00000121. The molecule has 0 atom stereocenters. The molecule has 3 heterocycles. The molecule has 2 N–H and O–H groups in total. The minimum atomic E-state index is 0.409. The Labute approximate surface area is 238 Å². The topological polar surface area (TPSA) is 80.1 Å². The van der Waals surface area contributed by atoms with Gasteiger partial charge < -0.3 is 0 Å². The summed E-state index contributed by atoms with van der Waals surface area (Å²) < 4.78 is 8.01. The average Bonchev–Trinajstić information content (AvgIpc) is 3.27. The zero-order chi connectivity index (χ0) is 26.5. The Morgan fingerprint density at radius 1 is 1.08 bits per heavy atom. The number of rotatable bonds is 12. The number of imidazole rings is 1. The van der Waals surface area contributed by atoms with Crippen molar-refractivity contribution in [1.29, 1.82) is 0 Å². The zero-order valence-electron chi connectivity index (χ0n) is 22.7. The molecule has 8 nitrogen and oxygen atoms in total. The number of likely N-dealkylation sites (tertiary alicyclic amines) is 1. The molecule has 37 heavy (non-hydrogen) atoms. The standard InChI is InChI=1S/C25H36N7O.C3H6.Tl/c1-3-4-5-6-7-8-17-33-21-11-9-19(10-12-21)29-25-30-23-22(26-18-27-23)24(31-25)28-20-13-15-32(2)16-14-20;1-3-2;/h9-12,18,20H,3-8,13-17H2,1-2H3,(H2-,26,27,28,29,30,31);3H,1H2,2H3;/q-1;;+1. The maximum absolute atomic E-state index is 5.91. The Morgan fingerprint density at radius 2 is 1.76 bits per heavy atom. The van der Waals surface area contributed by atoms with E-state index in [-0.39, 0.29) is 0 Å². The third-order valence-electron chi connectivity index (χ3n) is 6.36.